The second kappa shape index (κ2) is 5.03. The summed E-state index contributed by atoms with van der Waals surface area (Å²) < 4.78 is 0. The summed E-state index contributed by atoms with van der Waals surface area (Å²) >= 11 is 7.83. The van der Waals surface area contributed by atoms with Crippen LogP contribution in [-0.2, 0) is 0 Å². The van der Waals surface area contributed by atoms with Gasteiger partial charge in [-0.25, -0.2) is 0 Å². The summed E-state index contributed by atoms with van der Waals surface area (Å²) in [4.78, 5) is 2.26. The minimum Gasteiger partial charge on any atom is -0.399 e. The molecule has 2 aromatic carbocycles. The Labute approximate surface area is 111 Å². The van der Waals surface area contributed by atoms with Crippen LogP contribution in [0.4, 0.5) is 5.69 Å². The summed E-state index contributed by atoms with van der Waals surface area (Å²) in [6.45, 7) is 4.21. The Morgan fingerprint density at radius 1 is 1.00 bits per heavy atom. The first-order valence-electron chi connectivity index (χ1n) is 5.36. The van der Waals surface area contributed by atoms with Crippen molar-refractivity contribution in [2.45, 2.75) is 23.6 Å². The van der Waals surface area contributed by atoms with Gasteiger partial charge in [-0.05, 0) is 43.7 Å². The third kappa shape index (κ3) is 2.96. The van der Waals surface area contributed by atoms with E-state index < -0.39 is 0 Å². The molecule has 0 fully saturated rings. The Hall–Kier alpha value is -1.12. The number of rotatable bonds is 2. The molecule has 0 aliphatic rings. The summed E-state index contributed by atoms with van der Waals surface area (Å²) in [5, 5.41) is 0.704. The lowest BCUT2D eigenvalue weighted by Gasteiger charge is -2.08. The summed E-state index contributed by atoms with van der Waals surface area (Å²) in [6.07, 6.45) is 0. The molecule has 0 bridgehead atoms. The van der Waals surface area contributed by atoms with E-state index in [1.54, 1.807) is 17.8 Å². The first-order chi connectivity index (χ1) is 8.06. The van der Waals surface area contributed by atoms with Gasteiger partial charge in [-0.1, -0.05) is 41.1 Å². The maximum atomic E-state index is 6.16. The average molecular weight is 264 g/mol. The van der Waals surface area contributed by atoms with Crippen LogP contribution in [0, 0.1) is 13.8 Å². The number of benzene rings is 2. The second-order valence-corrected chi connectivity index (χ2v) is 5.55. The molecular formula is C14H14ClNS. The van der Waals surface area contributed by atoms with Crippen molar-refractivity contribution in [2.75, 3.05) is 5.73 Å². The normalized spacial score (nSPS) is 10.5. The van der Waals surface area contributed by atoms with Crippen molar-refractivity contribution >= 4 is 29.1 Å². The van der Waals surface area contributed by atoms with Gasteiger partial charge in [0, 0.05) is 15.5 Å². The third-order valence-corrected chi connectivity index (χ3v) is 4.18. The van der Waals surface area contributed by atoms with Crippen LogP contribution in [-0.4, -0.2) is 0 Å². The van der Waals surface area contributed by atoms with E-state index in [1.165, 1.54) is 16.0 Å². The molecule has 0 atom stereocenters. The Morgan fingerprint density at radius 2 is 1.71 bits per heavy atom. The molecule has 2 N–H and O–H groups in total. The van der Waals surface area contributed by atoms with Crippen LogP contribution in [0.25, 0.3) is 0 Å². The molecule has 3 heteroatoms. The van der Waals surface area contributed by atoms with Gasteiger partial charge in [0.25, 0.3) is 0 Å². The predicted molar refractivity (Wildman–Crippen MR) is 75.9 cm³/mol. The van der Waals surface area contributed by atoms with Gasteiger partial charge >= 0.3 is 0 Å². The van der Waals surface area contributed by atoms with Crippen LogP contribution < -0.4 is 5.73 Å². The molecule has 0 radical (unpaired) electrons. The number of hydrogen-bond donors (Lipinski definition) is 1. The van der Waals surface area contributed by atoms with Gasteiger partial charge in [-0.3, -0.25) is 0 Å². The van der Waals surface area contributed by atoms with E-state index in [4.69, 9.17) is 17.3 Å². The van der Waals surface area contributed by atoms with Crippen molar-refractivity contribution in [1.82, 2.24) is 0 Å². The van der Waals surface area contributed by atoms with E-state index in [0.717, 1.165) is 4.90 Å². The van der Waals surface area contributed by atoms with Crippen LogP contribution >= 0.6 is 23.4 Å². The van der Waals surface area contributed by atoms with E-state index in [-0.39, 0.29) is 0 Å². The third-order valence-electron chi connectivity index (χ3n) is 2.51. The number of nitrogens with two attached hydrogens (primary N) is 1. The Bertz CT molecular complexity index is 502. The molecule has 0 aliphatic carbocycles. The first-order valence-corrected chi connectivity index (χ1v) is 6.56. The molecule has 2 rings (SSSR count). The van der Waals surface area contributed by atoms with Crippen LogP contribution in [0.2, 0.25) is 5.02 Å². The van der Waals surface area contributed by atoms with Crippen molar-refractivity contribution in [2.24, 2.45) is 0 Å². The lowest BCUT2D eigenvalue weighted by Crippen LogP contribution is -1.86. The molecule has 88 valence electrons. The predicted octanol–water partition coefficient (Wildman–Crippen LogP) is 4.69. The number of nitrogen functional groups attached to an aromatic ring is 1. The molecule has 1 nitrogen and oxygen atoms in total. The van der Waals surface area contributed by atoms with Gasteiger partial charge in [0.1, 0.15) is 0 Å². The number of anilines is 1. The number of halogens is 1. The Kier molecular flexibility index (Phi) is 3.65. The smallest absolute Gasteiger partial charge is 0.0565 e. The van der Waals surface area contributed by atoms with Gasteiger partial charge in [-0.2, -0.15) is 0 Å². The molecule has 0 aliphatic heterocycles. The van der Waals surface area contributed by atoms with E-state index >= 15 is 0 Å². The molecule has 0 unspecified atom stereocenters. The van der Waals surface area contributed by atoms with Crippen LogP contribution in [0.3, 0.4) is 0 Å². The fourth-order valence-corrected chi connectivity index (χ4v) is 2.82. The highest BCUT2D eigenvalue weighted by Crippen LogP contribution is 2.36. The van der Waals surface area contributed by atoms with Crippen LogP contribution in [0.15, 0.2) is 46.2 Å². The second-order valence-electron chi connectivity index (χ2n) is 4.06. The maximum absolute atomic E-state index is 6.16. The minimum atomic E-state index is 0.694. The Balaban J connectivity index is 2.31. The van der Waals surface area contributed by atoms with Crippen molar-refractivity contribution in [3.63, 3.8) is 0 Å². The van der Waals surface area contributed by atoms with Crippen molar-refractivity contribution in [1.29, 1.82) is 0 Å². The lowest BCUT2D eigenvalue weighted by molar-refractivity contribution is 1.26. The summed E-state index contributed by atoms with van der Waals surface area (Å²) in [5.41, 5.74) is 8.91. The highest BCUT2D eigenvalue weighted by molar-refractivity contribution is 7.99. The van der Waals surface area contributed by atoms with Gasteiger partial charge in [-0.15, -0.1) is 0 Å². The van der Waals surface area contributed by atoms with Gasteiger partial charge in [0.05, 0.1) is 5.02 Å². The van der Waals surface area contributed by atoms with E-state index in [1.807, 2.05) is 12.1 Å². The minimum absolute atomic E-state index is 0.694. The highest BCUT2D eigenvalue weighted by Gasteiger charge is 2.05. The monoisotopic (exact) mass is 263 g/mol. The largest absolute Gasteiger partial charge is 0.399 e. The maximum Gasteiger partial charge on any atom is 0.0565 e. The van der Waals surface area contributed by atoms with Crippen LogP contribution in [0.5, 0.6) is 0 Å². The number of hydrogen-bond acceptors (Lipinski definition) is 2. The molecule has 0 spiro atoms. The van der Waals surface area contributed by atoms with E-state index in [9.17, 15) is 0 Å². The zero-order valence-corrected chi connectivity index (χ0v) is 11.4. The standard InChI is InChI=1S/C14H14ClNS/c1-9-3-5-13(10(2)7-9)17-14-6-4-11(16)8-12(14)15/h3-8H,16H2,1-2H3. The average Bonchev–Trinajstić information content (AvgIpc) is 2.25. The Morgan fingerprint density at radius 3 is 2.35 bits per heavy atom. The van der Waals surface area contributed by atoms with Gasteiger partial charge in [0.2, 0.25) is 0 Å². The van der Waals surface area contributed by atoms with Crippen molar-refractivity contribution in [3.8, 4) is 0 Å². The molecule has 0 heterocycles. The van der Waals surface area contributed by atoms with E-state index in [0.29, 0.717) is 10.7 Å². The van der Waals surface area contributed by atoms with Gasteiger partial charge < -0.3 is 5.73 Å². The molecule has 2 aromatic rings. The van der Waals surface area contributed by atoms with Crippen molar-refractivity contribution < 1.29 is 0 Å². The van der Waals surface area contributed by atoms with E-state index in [2.05, 4.69) is 32.0 Å². The van der Waals surface area contributed by atoms with Crippen molar-refractivity contribution in [3.05, 3.63) is 52.5 Å². The molecule has 0 saturated carbocycles. The van der Waals surface area contributed by atoms with Gasteiger partial charge in [0.15, 0.2) is 0 Å². The quantitative estimate of drug-likeness (QED) is 0.796. The SMILES string of the molecule is Cc1ccc(Sc2ccc(N)cc2Cl)c(C)c1. The summed E-state index contributed by atoms with van der Waals surface area (Å²) in [7, 11) is 0. The molecule has 0 amide bonds. The number of aryl methyl sites for hydroxylation is 2. The highest BCUT2D eigenvalue weighted by atomic mass is 35.5. The fourth-order valence-electron chi connectivity index (χ4n) is 1.63. The topological polar surface area (TPSA) is 26.0 Å². The molecule has 0 saturated heterocycles. The molecular weight excluding hydrogens is 250 g/mol. The zero-order valence-electron chi connectivity index (χ0n) is 9.83. The summed E-state index contributed by atoms with van der Waals surface area (Å²) in [5.74, 6) is 0. The molecule has 17 heavy (non-hydrogen) atoms. The summed E-state index contributed by atoms with van der Waals surface area (Å²) in [6, 6.07) is 12.0. The fraction of sp³-hybridized carbons (Fsp3) is 0.143. The lowest BCUT2D eigenvalue weighted by atomic mass is 10.2. The van der Waals surface area contributed by atoms with Crippen LogP contribution in [0.1, 0.15) is 11.1 Å². The molecule has 0 aromatic heterocycles. The zero-order chi connectivity index (χ0) is 12.4. The first kappa shape index (κ1) is 12.3.